The van der Waals surface area contributed by atoms with E-state index in [1.165, 1.54) is 29.5 Å². The Hall–Kier alpha value is -1.60. The summed E-state index contributed by atoms with van der Waals surface area (Å²) in [7, 11) is 0. The van der Waals surface area contributed by atoms with Gasteiger partial charge in [-0.3, -0.25) is 0 Å². The van der Waals surface area contributed by atoms with Crippen molar-refractivity contribution < 1.29 is 0 Å². The van der Waals surface area contributed by atoms with Crippen molar-refractivity contribution in [2.45, 2.75) is 44.7 Å². The quantitative estimate of drug-likeness (QED) is 0.852. The van der Waals surface area contributed by atoms with Gasteiger partial charge in [-0.2, -0.15) is 0 Å². The molecule has 3 rings (SSSR count). The number of benzene rings is 2. The molecule has 1 saturated carbocycles. The molecule has 1 heteroatoms. The van der Waals surface area contributed by atoms with Crippen LogP contribution in [0.4, 0.5) is 0 Å². The van der Waals surface area contributed by atoms with Crippen molar-refractivity contribution in [1.29, 1.82) is 0 Å². The number of rotatable bonds is 4. The Balaban J connectivity index is 1.54. The first-order valence-electron chi connectivity index (χ1n) is 7.60. The Labute approximate surface area is 122 Å². The van der Waals surface area contributed by atoms with E-state index in [1.807, 2.05) is 0 Å². The molecule has 0 spiro atoms. The van der Waals surface area contributed by atoms with Crippen molar-refractivity contribution >= 4 is 0 Å². The zero-order valence-electron chi connectivity index (χ0n) is 12.3. The molecule has 0 amide bonds. The molecule has 104 valence electrons. The first kappa shape index (κ1) is 13.4. The average Bonchev–Trinajstić information content (AvgIpc) is 2.43. The Kier molecular flexibility index (Phi) is 3.88. The minimum absolute atomic E-state index is 0.444. The minimum Gasteiger partial charge on any atom is -0.307 e. The van der Waals surface area contributed by atoms with Crippen molar-refractivity contribution in [3.8, 4) is 0 Å². The smallest absolute Gasteiger partial charge is 0.0294 e. The van der Waals surface area contributed by atoms with Gasteiger partial charge in [-0.15, -0.1) is 0 Å². The van der Waals surface area contributed by atoms with Gasteiger partial charge in [0.15, 0.2) is 0 Å². The molecular weight excluding hydrogens is 242 g/mol. The second-order valence-electron chi connectivity index (χ2n) is 6.08. The number of aryl methyl sites for hydroxylation is 1. The molecule has 0 aliphatic heterocycles. The first-order valence-corrected chi connectivity index (χ1v) is 7.60. The molecule has 1 atom stereocenters. The van der Waals surface area contributed by atoms with Crippen molar-refractivity contribution in [3.63, 3.8) is 0 Å². The van der Waals surface area contributed by atoms with Crippen LogP contribution in [-0.4, -0.2) is 6.04 Å². The third-order valence-electron chi connectivity index (χ3n) is 4.44. The summed E-state index contributed by atoms with van der Waals surface area (Å²) in [5.74, 6) is 0.746. The molecule has 1 aliphatic carbocycles. The molecule has 1 nitrogen and oxygen atoms in total. The second kappa shape index (κ2) is 5.80. The lowest BCUT2D eigenvalue weighted by atomic mass is 9.75. The van der Waals surface area contributed by atoms with Crippen LogP contribution in [0.1, 0.15) is 48.4 Å². The van der Waals surface area contributed by atoms with E-state index in [9.17, 15) is 0 Å². The Bertz CT molecular complexity index is 555. The topological polar surface area (TPSA) is 12.0 Å². The summed E-state index contributed by atoms with van der Waals surface area (Å²) >= 11 is 0. The van der Waals surface area contributed by atoms with Crippen LogP contribution in [0.25, 0.3) is 0 Å². The standard InChI is InChI=1S/C19H23N/c1-14-7-6-10-17(11-14)18-12-19(13-18)20-15(2)16-8-4-3-5-9-16/h3-11,15,18-20H,12-13H2,1-2H3. The van der Waals surface area contributed by atoms with Crippen molar-refractivity contribution in [1.82, 2.24) is 5.32 Å². The van der Waals surface area contributed by atoms with E-state index >= 15 is 0 Å². The molecule has 2 aromatic rings. The highest BCUT2D eigenvalue weighted by molar-refractivity contribution is 5.28. The highest BCUT2D eigenvalue weighted by Gasteiger charge is 2.30. The maximum Gasteiger partial charge on any atom is 0.0294 e. The van der Waals surface area contributed by atoms with E-state index in [1.54, 1.807) is 0 Å². The highest BCUT2D eigenvalue weighted by atomic mass is 15.0. The summed E-state index contributed by atoms with van der Waals surface area (Å²) in [6.07, 6.45) is 2.53. The van der Waals surface area contributed by atoms with Gasteiger partial charge in [-0.05, 0) is 43.7 Å². The van der Waals surface area contributed by atoms with E-state index in [-0.39, 0.29) is 0 Å². The maximum atomic E-state index is 3.75. The largest absolute Gasteiger partial charge is 0.307 e. The molecule has 0 radical (unpaired) electrons. The second-order valence-corrected chi connectivity index (χ2v) is 6.08. The van der Waals surface area contributed by atoms with Crippen LogP contribution in [0, 0.1) is 6.92 Å². The van der Waals surface area contributed by atoms with Gasteiger partial charge in [-0.25, -0.2) is 0 Å². The van der Waals surface area contributed by atoms with E-state index in [4.69, 9.17) is 0 Å². The van der Waals surface area contributed by atoms with Gasteiger partial charge >= 0.3 is 0 Å². The number of nitrogens with one attached hydrogen (secondary N) is 1. The predicted octanol–water partition coefficient (Wildman–Crippen LogP) is 4.59. The van der Waals surface area contributed by atoms with Crippen LogP contribution in [0.3, 0.4) is 0 Å². The van der Waals surface area contributed by atoms with Crippen LogP contribution in [0.15, 0.2) is 54.6 Å². The molecule has 20 heavy (non-hydrogen) atoms. The first-order chi connectivity index (χ1) is 9.72. The SMILES string of the molecule is Cc1cccc(C2CC(NC(C)c3ccccc3)C2)c1. The molecule has 1 fully saturated rings. The monoisotopic (exact) mass is 265 g/mol. The van der Waals surface area contributed by atoms with E-state index in [0.29, 0.717) is 12.1 Å². The van der Waals surface area contributed by atoms with Crippen LogP contribution >= 0.6 is 0 Å². The van der Waals surface area contributed by atoms with Crippen LogP contribution in [-0.2, 0) is 0 Å². The summed E-state index contributed by atoms with van der Waals surface area (Å²) in [5.41, 5.74) is 4.26. The van der Waals surface area contributed by atoms with Gasteiger partial charge in [0, 0.05) is 12.1 Å². The molecule has 0 bridgehead atoms. The van der Waals surface area contributed by atoms with Crippen LogP contribution in [0.5, 0.6) is 0 Å². The summed E-state index contributed by atoms with van der Waals surface area (Å²) in [5, 5.41) is 3.75. The fourth-order valence-electron chi connectivity index (χ4n) is 3.14. The lowest BCUT2D eigenvalue weighted by Crippen LogP contribution is -2.41. The third-order valence-corrected chi connectivity index (χ3v) is 4.44. The van der Waals surface area contributed by atoms with E-state index < -0.39 is 0 Å². The summed E-state index contributed by atoms with van der Waals surface area (Å²) in [6.45, 7) is 4.44. The average molecular weight is 265 g/mol. The van der Waals surface area contributed by atoms with Crippen LogP contribution < -0.4 is 5.32 Å². The Morgan fingerprint density at radius 3 is 2.45 bits per heavy atom. The molecular formula is C19H23N. The van der Waals surface area contributed by atoms with E-state index in [0.717, 1.165) is 5.92 Å². The zero-order chi connectivity index (χ0) is 13.9. The molecule has 0 saturated heterocycles. The van der Waals surface area contributed by atoms with Gasteiger partial charge in [0.05, 0.1) is 0 Å². The third kappa shape index (κ3) is 2.94. The summed E-state index contributed by atoms with van der Waals surface area (Å²) in [6, 6.07) is 20.8. The lowest BCUT2D eigenvalue weighted by Gasteiger charge is -2.38. The maximum absolute atomic E-state index is 3.75. The summed E-state index contributed by atoms with van der Waals surface area (Å²) < 4.78 is 0. The van der Waals surface area contributed by atoms with Crippen molar-refractivity contribution in [2.24, 2.45) is 0 Å². The fraction of sp³-hybridized carbons (Fsp3) is 0.368. The van der Waals surface area contributed by atoms with Gasteiger partial charge in [0.25, 0.3) is 0 Å². The zero-order valence-corrected chi connectivity index (χ0v) is 12.3. The predicted molar refractivity (Wildman–Crippen MR) is 84.9 cm³/mol. The van der Waals surface area contributed by atoms with E-state index in [2.05, 4.69) is 73.8 Å². The fourth-order valence-corrected chi connectivity index (χ4v) is 3.14. The number of hydrogen-bond acceptors (Lipinski definition) is 1. The molecule has 1 unspecified atom stereocenters. The Morgan fingerprint density at radius 1 is 1.00 bits per heavy atom. The highest BCUT2D eigenvalue weighted by Crippen LogP contribution is 2.38. The minimum atomic E-state index is 0.444. The van der Waals surface area contributed by atoms with Gasteiger partial charge in [0.2, 0.25) is 0 Å². The van der Waals surface area contributed by atoms with Gasteiger partial charge in [0.1, 0.15) is 0 Å². The van der Waals surface area contributed by atoms with Crippen molar-refractivity contribution in [3.05, 3.63) is 71.3 Å². The molecule has 0 heterocycles. The van der Waals surface area contributed by atoms with Crippen LogP contribution in [0.2, 0.25) is 0 Å². The summed E-state index contributed by atoms with van der Waals surface area (Å²) in [4.78, 5) is 0. The van der Waals surface area contributed by atoms with Gasteiger partial charge in [-0.1, -0.05) is 60.2 Å². The lowest BCUT2D eigenvalue weighted by molar-refractivity contribution is 0.271. The van der Waals surface area contributed by atoms with Gasteiger partial charge < -0.3 is 5.32 Å². The molecule has 2 aromatic carbocycles. The number of hydrogen-bond donors (Lipinski definition) is 1. The molecule has 1 aliphatic rings. The normalized spacial score (nSPS) is 23.1. The van der Waals surface area contributed by atoms with Crippen molar-refractivity contribution in [2.75, 3.05) is 0 Å². The molecule has 1 N–H and O–H groups in total. The Morgan fingerprint density at radius 2 is 1.75 bits per heavy atom. The molecule has 0 aromatic heterocycles.